The van der Waals surface area contributed by atoms with Crippen LogP contribution in [0.4, 0.5) is 0 Å². The van der Waals surface area contributed by atoms with Gasteiger partial charge < -0.3 is 5.32 Å². The standard InChI is InChI=1S/C18H22BrN5/c1-14-18(13-20-9-3-11-23-12-4-10-21-23)15(2)24(22-14)17-7-5-16(19)6-8-17/h4-8,10,12,20H,3,9,11,13H2,1-2H3. The van der Waals surface area contributed by atoms with Gasteiger partial charge in [-0.1, -0.05) is 15.9 Å². The minimum Gasteiger partial charge on any atom is -0.312 e. The molecule has 0 aliphatic rings. The van der Waals surface area contributed by atoms with Gasteiger partial charge in [-0.15, -0.1) is 0 Å². The first kappa shape index (κ1) is 16.9. The maximum Gasteiger partial charge on any atom is 0.0649 e. The monoisotopic (exact) mass is 387 g/mol. The number of hydrogen-bond acceptors (Lipinski definition) is 3. The van der Waals surface area contributed by atoms with Crippen LogP contribution in [0.25, 0.3) is 5.69 Å². The molecule has 0 radical (unpaired) electrons. The molecule has 3 rings (SSSR count). The summed E-state index contributed by atoms with van der Waals surface area (Å²) in [6.45, 7) is 6.94. The largest absolute Gasteiger partial charge is 0.312 e. The average Bonchev–Trinajstić information content (AvgIpc) is 3.18. The van der Waals surface area contributed by atoms with E-state index < -0.39 is 0 Å². The molecule has 0 atom stereocenters. The van der Waals surface area contributed by atoms with Gasteiger partial charge in [0.2, 0.25) is 0 Å². The van der Waals surface area contributed by atoms with Gasteiger partial charge in [0, 0.05) is 41.2 Å². The minimum absolute atomic E-state index is 0.841. The van der Waals surface area contributed by atoms with E-state index in [0.29, 0.717) is 0 Å². The molecular weight excluding hydrogens is 366 g/mol. The maximum atomic E-state index is 4.70. The number of nitrogens with zero attached hydrogens (tertiary/aromatic N) is 4. The van der Waals surface area contributed by atoms with E-state index >= 15 is 0 Å². The van der Waals surface area contributed by atoms with Gasteiger partial charge >= 0.3 is 0 Å². The first-order chi connectivity index (χ1) is 11.6. The maximum absolute atomic E-state index is 4.70. The Morgan fingerprint density at radius 3 is 2.67 bits per heavy atom. The van der Waals surface area contributed by atoms with Crippen molar-refractivity contribution >= 4 is 15.9 Å². The van der Waals surface area contributed by atoms with Crippen molar-refractivity contribution in [2.45, 2.75) is 33.4 Å². The third-order valence-corrected chi connectivity index (χ3v) is 4.64. The zero-order valence-corrected chi connectivity index (χ0v) is 15.6. The highest BCUT2D eigenvalue weighted by Crippen LogP contribution is 2.19. The number of benzene rings is 1. The molecule has 2 heterocycles. The molecule has 0 bridgehead atoms. The number of aryl methyl sites for hydroxylation is 2. The van der Waals surface area contributed by atoms with Crippen molar-refractivity contribution in [3.8, 4) is 5.69 Å². The SMILES string of the molecule is Cc1nn(-c2ccc(Br)cc2)c(C)c1CNCCCn1cccn1. The van der Waals surface area contributed by atoms with Gasteiger partial charge in [-0.3, -0.25) is 4.68 Å². The summed E-state index contributed by atoms with van der Waals surface area (Å²) in [6.07, 6.45) is 4.87. The second-order valence-corrected chi connectivity index (χ2v) is 6.75. The number of hydrogen-bond donors (Lipinski definition) is 1. The highest BCUT2D eigenvalue weighted by molar-refractivity contribution is 9.10. The van der Waals surface area contributed by atoms with E-state index in [-0.39, 0.29) is 0 Å². The normalized spacial score (nSPS) is 11.1. The fraction of sp³-hybridized carbons (Fsp3) is 0.333. The van der Waals surface area contributed by atoms with Crippen molar-refractivity contribution in [1.29, 1.82) is 0 Å². The first-order valence-electron chi connectivity index (χ1n) is 8.14. The van der Waals surface area contributed by atoms with Crippen molar-refractivity contribution in [3.63, 3.8) is 0 Å². The first-order valence-corrected chi connectivity index (χ1v) is 8.93. The third-order valence-electron chi connectivity index (χ3n) is 4.11. The minimum atomic E-state index is 0.841. The second-order valence-electron chi connectivity index (χ2n) is 5.84. The van der Waals surface area contributed by atoms with E-state index in [0.717, 1.165) is 41.9 Å². The summed E-state index contributed by atoms with van der Waals surface area (Å²) < 4.78 is 5.05. The van der Waals surface area contributed by atoms with Crippen LogP contribution in [0, 0.1) is 13.8 Å². The van der Waals surface area contributed by atoms with Crippen LogP contribution in [-0.4, -0.2) is 26.1 Å². The number of nitrogens with one attached hydrogen (secondary N) is 1. The fourth-order valence-electron chi connectivity index (χ4n) is 2.78. The van der Waals surface area contributed by atoms with E-state index in [1.54, 1.807) is 0 Å². The van der Waals surface area contributed by atoms with Gasteiger partial charge in [-0.25, -0.2) is 4.68 Å². The predicted molar refractivity (Wildman–Crippen MR) is 99.3 cm³/mol. The Kier molecular flexibility index (Phi) is 5.48. The molecule has 0 saturated heterocycles. The summed E-state index contributed by atoms with van der Waals surface area (Å²) in [5, 5.41) is 12.4. The van der Waals surface area contributed by atoms with Crippen LogP contribution in [0.1, 0.15) is 23.4 Å². The van der Waals surface area contributed by atoms with Gasteiger partial charge in [-0.05, 0) is 57.1 Å². The zero-order chi connectivity index (χ0) is 16.9. The van der Waals surface area contributed by atoms with Crippen LogP contribution in [0.15, 0.2) is 47.2 Å². The Hall–Kier alpha value is -1.92. The van der Waals surface area contributed by atoms with Crippen LogP contribution >= 0.6 is 15.9 Å². The second kappa shape index (κ2) is 7.77. The molecule has 5 nitrogen and oxygen atoms in total. The Balaban J connectivity index is 1.58. The molecule has 1 aromatic carbocycles. The smallest absolute Gasteiger partial charge is 0.0649 e. The summed E-state index contributed by atoms with van der Waals surface area (Å²) in [6, 6.07) is 10.2. The Morgan fingerprint density at radius 2 is 1.96 bits per heavy atom. The zero-order valence-electron chi connectivity index (χ0n) is 14.0. The lowest BCUT2D eigenvalue weighted by atomic mass is 10.2. The molecule has 0 aliphatic heterocycles. The van der Waals surface area contributed by atoms with Crippen molar-refractivity contribution in [2.75, 3.05) is 6.54 Å². The summed E-state index contributed by atoms with van der Waals surface area (Å²) in [7, 11) is 0. The predicted octanol–water partition coefficient (Wildman–Crippen LogP) is 3.63. The highest BCUT2D eigenvalue weighted by Gasteiger charge is 2.12. The molecule has 1 N–H and O–H groups in total. The van der Waals surface area contributed by atoms with Crippen molar-refractivity contribution in [2.24, 2.45) is 0 Å². The molecule has 0 fully saturated rings. The quantitative estimate of drug-likeness (QED) is 0.629. The van der Waals surface area contributed by atoms with Crippen LogP contribution in [0.2, 0.25) is 0 Å². The summed E-state index contributed by atoms with van der Waals surface area (Å²) in [5.74, 6) is 0. The van der Waals surface area contributed by atoms with Crippen LogP contribution in [0.5, 0.6) is 0 Å². The van der Waals surface area contributed by atoms with E-state index in [1.807, 2.05) is 40.0 Å². The Labute approximate surface area is 150 Å². The number of aromatic nitrogens is 4. The summed E-state index contributed by atoms with van der Waals surface area (Å²) >= 11 is 3.47. The van der Waals surface area contributed by atoms with Crippen LogP contribution in [0.3, 0.4) is 0 Å². The summed E-state index contributed by atoms with van der Waals surface area (Å²) in [4.78, 5) is 0. The molecule has 0 amide bonds. The molecule has 126 valence electrons. The van der Waals surface area contributed by atoms with E-state index in [9.17, 15) is 0 Å². The topological polar surface area (TPSA) is 47.7 Å². The average molecular weight is 388 g/mol. The lowest BCUT2D eigenvalue weighted by Crippen LogP contribution is -2.17. The van der Waals surface area contributed by atoms with Crippen molar-refractivity contribution < 1.29 is 0 Å². The molecule has 0 aliphatic carbocycles. The Bertz CT molecular complexity index is 775. The third kappa shape index (κ3) is 3.94. The van der Waals surface area contributed by atoms with Gasteiger partial charge in [0.1, 0.15) is 0 Å². The van der Waals surface area contributed by atoms with E-state index in [1.165, 1.54) is 11.3 Å². The highest BCUT2D eigenvalue weighted by atomic mass is 79.9. The summed E-state index contributed by atoms with van der Waals surface area (Å²) in [5.41, 5.74) is 4.63. The van der Waals surface area contributed by atoms with Crippen molar-refractivity contribution in [1.82, 2.24) is 24.9 Å². The fourth-order valence-corrected chi connectivity index (χ4v) is 3.04. The molecule has 0 spiro atoms. The van der Waals surface area contributed by atoms with Crippen LogP contribution in [-0.2, 0) is 13.1 Å². The lowest BCUT2D eigenvalue weighted by Gasteiger charge is -2.07. The van der Waals surface area contributed by atoms with E-state index in [4.69, 9.17) is 5.10 Å². The van der Waals surface area contributed by atoms with Crippen LogP contribution < -0.4 is 5.32 Å². The molecule has 3 aromatic rings. The van der Waals surface area contributed by atoms with Gasteiger partial charge in [0.15, 0.2) is 0 Å². The molecular formula is C18H22BrN5. The number of halogens is 1. The molecule has 24 heavy (non-hydrogen) atoms. The molecule has 0 unspecified atom stereocenters. The van der Waals surface area contributed by atoms with Gasteiger partial charge in [0.25, 0.3) is 0 Å². The van der Waals surface area contributed by atoms with Crippen molar-refractivity contribution in [3.05, 3.63) is 64.1 Å². The van der Waals surface area contributed by atoms with Gasteiger partial charge in [-0.2, -0.15) is 10.2 Å². The molecule has 2 aromatic heterocycles. The van der Waals surface area contributed by atoms with Gasteiger partial charge in [0.05, 0.1) is 11.4 Å². The molecule has 6 heteroatoms. The van der Waals surface area contributed by atoms with E-state index in [2.05, 4.69) is 52.3 Å². The Morgan fingerprint density at radius 1 is 1.17 bits per heavy atom. The molecule has 0 saturated carbocycles. The lowest BCUT2D eigenvalue weighted by molar-refractivity contribution is 0.542. The number of rotatable bonds is 7.